The van der Waals surface area contributed by atoms with E-state index in [0.717, 1.165) is 18.4 Å². The van der Waals surface area contributed by atoms with Gasteiger partial charge >= 0.3 is 0 Å². The minimum Gasteiger partial charge on any atom is -0.493 e. The maximum absolute atomic E-state index is 13.8. The molecule has 1 amide bonds. The molecular formula is C26H28N4O4. The van der Waals surface area contributed by atoms with Crippen molar-refractivity contribution < 1.29 is 14.3 Å². The summed E-state index contributed by atoms with van der Waals surface area (Å²) in [6.07, 6.45) is 0.770. The zero-order valence-electron chi connectivity index (χ0n) is 19.6. The summed E-state index contributed by atoms with van der Waals surface area (Å²) in [6, 6.07) is 16.3. The number of pyridine rings is 1. The molecule has 8 nitrogen and oxygen atoms in total. The fraction of sp³-hybridized carbons (Fsp3) is 0.269. The average molecular weight is 461 g/mol. The summed E-state index contributed by atoms with van der Waals surface area (Å²) < 4.78 is 8.78. The molecule has 2 heterocycles. The number of hydrogen-bond donors (Lipinski definition) is 2. The highest BCUT2D eigenvalue weighted by Crippen LogP contribution is 2.34. The Hall–Kier alpha value is -3.91. The zero-order chi connectivity index (χ0) is 24.2. The molecule has 2 aromatic heterocycles. The van der Waals surface area contributed by atoms with Gasteiger partial charge in [-0.1, -0.05) is 48.5 Å². The molecule has 0 saturated carbocycles. The van der Waals surface area contributed by atoms with Gasteiger partial charge in [-0.2, -0.15) is 0 Å². The number of hydrogen-bond acceptors (Lipinski definition) is 5. The Morgan fingerprint density at radius 1 is 1.00 bits per heavy atom. The summed E-state index contributed by atoms with van der Waals surface area (Å²) in [5.74, 6) is -0.285. The molecule has 0 aliphatic rings. The van der Waals surface area contributed by atoms with Gasteiger partial charge in [0.2, 0.25) is 0 Å². The number of ketones is 1. The van der Waals surface area contributed by atoms with Crippen LogP contribution in [0.2, 0.25) is 0 Å². The first-order valence-electron chi connectivity index (χ1n) is 11.2. The minimum atomic E-state index is -0.375. The van der Waals surface area contributed by atoms with Crippen LogP contribution in [0.5, 0.6) is 5.75 Å². The van der Waals surface area contributed by atoms with Gasteiger partial charge in [0, 0.05) is 24.5 Å². The Bertz CT molecular complexity index is 1420. The first kappa shape index (κ1) is 23.3. The highest BCUT2D eigenvalue weighted by molar-refractivity contribution is 6.12. The van der Waals surface area contributed by atoms with E-state index in [4.69, 9.17) is 4.74 Å². The fourth-order valence-electron chi connectivity index (χ4n) is 4.35. The summed E-state index contributed by atoms with van der Waals surface area (Å²) in [4.78, 5) is 39.8. The maximum atomic E-state index is 13.8. The average Bonchev–Trinajstić information content (AvgIpc) is 3.17. The van der Waals surface area contributed by atoms with Gasteiger partial charge in [0.05, 0.1) is 24.7 Å². The summed E-state index contributed by atoms with van der Waals surface area (Å²) >= 11 is 0. The van der Waals surface area contributed by atoms with Gasteiger partial charge in [-0.3, -0.25) is 19.0 Å². The molecule has 0 unspecified atom stereocenters. The van der Waals surface area contributed by atoms with Gasteiger partial charge in [-0.25, -0.2) is 0 Å². The van der Waals surface area contributed by atoms with Gasteiger partial charge in [0.25, 0.3) is 11.5 Å². The van der Waals surface area contributed by atoms with Crippen LogP contribution in [0.1, 0.15) is 27.3 Å². The highest BCUT2D eigenvalue weighted by Gasteiger charge is 2.27. The molecule has 0 radical (unpaired) electrons. The largest absolute Gasteiger partial charge is 0.493 e. The van der Waals surface area contributed by atoms with Crippen molar-refractivity contribution in [2.45, 2.75) is 13.0 Å². The molecule has 4 rings (SSSR count). The predicted molar refractivity (Wildman–Crippen MR) is 133 cm³/mol. The zero-order valence-corrected chi connectivity index (χ0v) is 19.6. The number of carbonyl (C=O) groups is 2. The topological polar surface area (TPSA) is 94.4 Å². The Morgan fingerprint density at radius 3 is 2.41 bits per heavy atom. The van der Waals surface area contributed by atoms with Gasteiger partial charge < -0.3 is 19.9 Å². The van der Waals surface area contributed by atoms with Crippen LogP contribution in [0.25, 0.3) is 21.8 Å². The van der Waals surface area contributed by atoms with Crippen molar-refractivity contribution >= 4 is 33.5 Å². The van der Waals surface area contributed by atoms with E-state index >= 15 is 0 Å². The molecule has 34 heavy (non-hydrogen) atoms. The highest BCUT2D eigenvalue weighted by atomic mass is 16.5. The molecule has 0 aliphatic carbocycles. The molecule has 0 fully saturated rings. The van der Waals surface area contributed by atoms with Crippen LogP contribution in [-0.2, 0) is 13.6 Å². The van der Waals surface area contributed by atoms with Crippen LogP contribution in [0.4, 0.5) is 0 Å². The third-order valence-electron chi connectivity index (χ3n) is 5.96. The third-order valence-corrected chi connectivity index (χ3v) is 5.96. The second kappa shape index (κ2) is 9.93. The first-order chi connectivity index (χ1) is 16.5. The number of Topliss-reactive ketones (excluding diaryl/α,β-unsaturated/α-hetero) is 1. The van der Waals surface area contributed by atoms with E-state index in [-0.39, 0.29) is 40.6 Å². The van der Waals surface area contributed by atoms with Crippen molar-refractivity contribution in [3.63, 3.8) is 0 Å². The Labute approximate surface area is 197 Å². The number of fused-ring (bicyclic) bond motifs is 3. The first-order valence-corrected chi connectivity index (χ1v) is 11.2. The monoisotopic (exact) mass is 460 g/mol. The molecule has 2 N–H and O–H groups in total. The lowest BCUT2D eigenvalue weighted by Crippen LogP contribution is -2.28. The summed E-state index contributed by atoms with van der Waals surface area (Å²) in [6.45, 7) is 1.14. The number of aromatic nitrogens is 2. The molecule has 4 aromatic rings. The second-order valence-corrected chi connectivity index (χ2v) is 8.08. The van der Waals surface area contributed by atoms with Gasteiger partial charge in [0.1, 0.15) is 5.39 Å². The van der Waals surface area contributed by atoms with Crippen LogP contribution in [0.3, 0.4) is 0 Å². The summed E-state index contributed by atoms with van der Waals surface area (Å²) in [5, 5.41) is 6.99. The SMILES string of the molecule is CNCCCNC(=O)c1c(OC)c2c(=O)n(CC(=O)c3ccccc3)c3ccccc3c2n1C. The number of carbonyl (C=O) groups excluding carboxylic acids is 2. The van der Waals surface area contributed by atoms with Gasteiger partial charge in [0.15, 0.2) is 17.2 Å². The number of ether oxygens (including phenoxy) is 1. The van der Waals surface area contributed by atoms with E-state index in [1.54, 1.807) is 35.9 Å². The van der Waals surface area contributed by atoms with Crippen LogP contribution >= 0.6 is 0 Å². The Kier molecular flexibility index (Phi) is 6.79. The van der Waals surface area contributed by atoms with E-state index < -0.39 is 0 Å². The van der Waals surface area contributed by atoms with E-state index in [0.29, 0.717) is 23.1 Å². The number of para-hydroxylation sites is 1. The Balaban J connectivity index is 1.90. The fourth-order valence-corrected chi connectivity index (χ4v) is 4.35. The maximum Gasteiger partial charge on any atom is 0.271 e. The van der Waals surface area contributed by atoms with Gasteiger partial charge in [-0.05, 0) is 26.1 Å². The van der Waals surface area contributed by atoms with Crippen molar-refractivity contribution in [2.75, 3.05) is 27.2 Å². The van der Waals surface area contributed by atoms with E-state index in [1.165, 1.54) is 11.7 Å². The quantitative estimate of drug-likeness (QED) is 0.296. The van der Waals surface area contributed by atoms with Crippen LogP contribution < -0.4 is 20.9 Å². The lowest BCUT2D eigenvalue weighted by Gasteiger charge is -2.12. The molecular weight excluding hydrogens is 432 g/mol. The molecule has 0 atom stereocenters. The molecule has 0 spiro atoms. The molecule has 8 heteroatoms. The van der Waals surface area contributed by atoms with Crippen molar-refractivity contribution in [1.82, 2.24) is 19.8 Å². The molecule has 0 bridgehead atoms. The van der Waals surface area contributed by atoms with Crippen molar-refractivity contribution in [2.24, 2.45) is 7.05 Å². The summed E-state index contributed by atoms with van der Waals surface area (Å²) in [7, 11) is 5.05. The second-order valence-electron chi connectivity index (χ2n) is 8.08. The standard InChI is InChI=1S/C26H28N4O4/c1-27-14-9-15-28-25(32)23-24(34-3)21-22(29(23)2)18-12-7-8-13-19(18)30(26(21)33)16-20(31)17-10-5-4-6-11-17/h4-8,10-13,27H,9,14-16H2,1-3H3,(H,28,32). The molecule has 0 saturated heterocycles. The van der Waals surface area contributed by atoms with E-state index in [2.05, 4.69) is 10.6 Å². The molecule has 0 aliphatic heterocycles. The van der Waals surface area contributed by atoms with E-state index in [9.17, 15) is 14.4 Å². The number of aryl methyl sites for hydroxylation is 1. The lowest BCUT2D eigenvalue weighted by atomic mass is 10.1. The number of nitrogens with one attached hydrogen (secondary N) is 2. The predicted octanol–water partition coefficient (Wildman–Crippen LogP) is 2.72. The molecule has 2 aromatic carbocycles. The van der Waals surface area contributed by atoms with Crippen LogP contribution in [0, 0.1) is 0 Å². The van der Waals surface area contributed by atoms with E-state index in [1.807, 2.05) is 37.4 Å². The smallest absolute Gasteiger partial charge is 0.271 e. The van der Waals surface area contributed by atoms with Crippen molar-refractivity contribution in [3.8, 4) is 5.75 Å². The number of amides is 1. The Morgan fingerprint density at radius 2 is 1.71 bits per heavy atom. The minimum absolute atomic E-state index is 0.122. The van der Waals surface area contributed by atoms with Crippen LogP contribution in [0.15, 0.2) is 59.4 Å². The van der Waals surface area contributed by atoms with Crippen molar-refractivity contribution in [3.05, 3.63) is 76.2 Å². The molecule has 176 valence electrons. The van der Waals surface area contributed by atoms with Crippen molar-refractivity contribution in [1.29, 1.82) is 0 Å². The van der Waals surface area contributed by atoms with Gasteiger partial charge in [-0.15, -0.1) is 0 Å². The number of methoxy groups -OCH3 is 1. The van der Waals surface area contributed by atoms with Crippen LogP contribution in [-0.4, -0.2) is 48.1 Å². The summed E-state index contributed by atoms with van der Waals surface area (Å²) in [5.41, 5.74) is 1.64. The number of benzene rings is 2. The number of rotatable bonds is 9. The normalized spacial score (nSPS) is 11.1. The number of nitrogens with zero attached hydrogens (tertiary/aromatic N) is 2. The lowest BCUT2D eigenvalue weighted by molar-refractivity contribution is 0.0940. The third kappa shape index (κ3) is 4.08.